The van der Waals surface area contributed by atoms with E-state index in [0.29, 0.717) is 38.2 Å². The van der Waals surface area contributed by atoms with E-state index in [2.05, 4.69) is 20.9 Å². The van der Waals surface area contributed by atoms with Gasteiger partial charge in [-0.3, -0.25) is 0 Å². The molecule has 2 aromatic rings. The molecule has 5 rings (SSSR count). The summed E-state index contributed by atoms with van der Waals surface area (Å²) < 4.78 is 42.2. The maximum absolute atomic E-state index is 13.4. The van der Waals surface area contributed by atoms with Gasteiger partial charge in [0, 0.05) is 25.0 Å². The summed E-state index contributed by atoms with van der Waals surface area (Å²) in [5.74, 6) is 0.0804. The molecule has 1 fully saturated rings. The van der Waals surface area contributed by atoms with Gasteiger partial charge in [0.25, 0.3) is 0 Å². The van der Waals surface area contributed by atoms with Crippen molar-refractivity contribution in [1.29, 1.82) is 0 Å². The quantitative estimate of drug-likeness (QED) is 0.505. The SMILES string of the molecule is CCc1cc(N(C2CCOCC2)S(=O)(=O)/N=C(\[O-])Nc2c3c(cc4c2CCC4)CCC3)on1. The Morgan fingerprint density at radius 3 is 2.42 bits per heavy atom. The number of aryl methyl sites for hydroxylation is 3. The average Bonchev–Trinajstić information content (AvgIpc) is 3.54. The molecule has 0 spiro atoms. The van der Waals surface area contributed by atoms with Crippen molar-refractivity contribution in [2.75, 3.05) is 22.8 Å². The highest BCUT2D eigenvalue weighted by atomic mass is 32.2. The lowest BCUT2D eigenvalue weighted by atomic mass is 9.99. The van der Waals surface area contributed by atoms with Gasteiger partial charge in [0.2, 0.25) is 5.88 Å². The summed E-state index contributed by atoms with van der Waals surface area (Å²) >= 11 is 0. The van der Waals surface area contributed by atoms with Gasteiger partial charge in [-0.25, -0.2) is 4.31 Å². The number of hydrogen-bond acceptors (Lipinski definition) is 6. The van der Waals surface area contributed by atoms with Crippen LogP contribution in [0.2, 0.25) is 0 Å². The molecular formula is C23H29N4O5S-. The number of rotatable bonds is 6. The van der Waals surface area contributed by atoms with E-state index in [9.17, 15) is 13.5 Å². The second-order valence-electron chi connectivity index (χ2n) is 8.88. The largest absolute Gasteiger partial charge is 0.845 e. The third-order valence-corrected chi connectivity index (χ3v) is 8.17. The number of nitrogens with one attached hydrogen (secondary N) is 1. The van der Waals surface area contributed by atoms with Crippen LogP contribution in [0.15, 0.2) is 21.1 Å². The Morgan fingerprint density at radius 1 is 1.15 bits per heavy atom. The minimum atomic E-state index is -4.36. The van der Waals surface area contributed by atoms with Crippen molar-refractivity contribution in [1.82, 2.24) is 5.16 Å². The van der Waals surface area contributed by atoms with Crippen LogP contribution in [0.4, 0.5) is 11.6 Å². The standard InChI is InChI=1S/C23H30N4O5S/c1-2-17-14-21(32-25-17)27(18-9-11-31-12-10-18)33(29,30)26-23(28)24-22-19-7-3-5-15(19)13-16-6-4-8-20(16)22/h13-14,18H,2-12H2,1H3,(H2,24,26,28)/p-1. The smallest absolute Gasteiger partial charge is 0.348 e. The molecule has 0 unspecified atom stereocenters. The third kappa shape index (κ3) is 4.33. The second-order valence-corrected chi connectivity index (χ2v) is 10.4. The number of nitrogens with zero attached hydrogens (tertiary/aromatic N) is 3. The molecule has 0 amide bonds. The summed E-state index contributed by atoms with van der Waals surface area (Å²) in [5.41, 5.74) is 6.17. The zero-order valence-corrected chi connectivity index (χ0v) is 19.6. The molecule has 0 saturated carbocycles. The molecule has 2 heterocycles. The van der Waals surface area contributed by atoms with Crippen molar-refractivity contribution >= 4 is 27.8 Å². The normalized spacial score (nSPS) is 18.9. The van der Waals surface area contributed by atoms with Crippen molar-refractivity contribution in [2.45, 2.75) is 70.8 Å². The van der Waals surface area contributed by atoms with E-state index in [4.69, 9.17) is 9.26 Å². The van der Waals surface area contributed by atoms with E-state index in [1.165, 1.54) is 11.1 Å². The molecule has 3 aliphatic rings. The van der Waals surface area contributed by atoms with Gasteiger partial charge in [-0.15, -0.1) is 4.40 Å². The maximum Gasteiger partial charge on any atom is 0.348 e. The van der Waals surface area contributed by atoms with Crippen LogP contribution in [-0.2, 0) is 47.1 Å². The van der Waals surface area contributed by atoms with Crippen molar-refractivity contribution in [3.8, 4) is 0 Å². The third-order valence-electron chi connectivity index (χ3n) is 6.80. The van der Waals surface area contributed by atoms with Gasteiger partial charge < -0.3 is 19.7 Å². The summed E-state index contributed by atoms with van der Waals surface area (Å²) in [6, 6.07) is 2.56. The van der Waals surface area contributed by atoms with Gasteiger partial charge in [0.15, 0.2) is 0 Å². The van der Waals surface area contributed by atoms with Crippen LogP contribution < -0.4 is 14.7 Å². The molecule has 1 aliphatic heterocycles. The molecule has 9 nitrogen and oxygen atoms in total. The number of ether oxygens (including phenoxy) is 1. The Morgan fingerprint density at radius 2 is 1.82 bits per heavy atom. The van der Waals surface area contributed by atoms with E-state index >= 15 is 0 Å². The van der Waals surface area contributed by atoms with Crippen LogP contribution in [0, 0.1) is 0 Å². The molecule has 0 atom stereocenters. The number of hydrogen-bond donors (Lipinski definition) is 1. The molecule has 1 aromatic carbocycles. The van der Waals surface area contributed by atoms with Crippen LogP contribution in [0.25, 0.3) is 0 Å². The molecule has 10 heteroatoms. The molecule has 1 N–H and O–H groups in total. The van der Waals surface area contributed by atoms with Gasteiger partial charge in [0.1, 0.15) is 0 Å². The molecule has 0 radical (unpaired) electrons. The topological polar surface area (TPSA) is 120 Å². The van der Waals surface area contributed by atoms with Crippen LogP contribution in [0.1, 0.15) is 60.6 Å². The zero-order chi connectivity index (χ0) is 23.0. The molecule has 33 heavy (non-hydrogen) atoms. The molecule has 1 aromatic heterocycles. The average molecular weight is 474 g/mol. The predicted molar refractivity (Wildman–Crippen MR) is 123 cm³/mol. The van der Waals surface area contributed by atoms with Crippen LogP contribution >= 0.6 is 0 Å². The molecular weight excluding hydrogens is 444 g/mol. The Balaban J connectivity index is 1.48. The first-order valence-corrected chi connectivity index (χ1v) is 13.1. The summed E-state index contributed by atoms with van der Waals surface area (Å²) in [7, 11) is -4.36. The fourth-order valence-electron chi connectivity index (χ4n) is 5.22. The Bertz CT molecular complexity index is 1140. The second kappa shape index (κ2) is 8.98. The fraction of sp³-hybridized carbons (Fsp3) is 0.565. The van der Waals surface area contributed by atoms with Gasteiger partial charge in [-0.05, 0) is 80.0 Å². The first-order valence-electron chi connectivity index (χ1n) is 11.7. The lowest BCUT2D eigenvalue weighted by molar-refractivity contribution is -0.213. The minimum Gasteiger partial charge on any atom is -0.845 e. The van der Waals surface area contributed by atoms with Gasteiger partial charge in [-0.1, -0.05) is 18.1 Å². The number of fused-ring (bicyclic) bond motifs is 2. The van der Waals surface area contributed by atoms with E-state index in [-0.39, 0.29) is 5.88 Å². The summed E-state index contributed by atoms with van der Waals surface area (Å²) in [6.07, 6.45) is 7.41. The first-order chi connectivity index (χ1) is 16.0. The number of anilines is 2. The summed E-state index contributed by atoms with van der Waals surface area (Å²) in [4.78, 5) is 0. The van der Waals surface area contributed by atoms with Gasteiger partial charge >= 0.3 is 10.2 Å². The van der Waals surface area contributed by atoms with Crippen molar-refractivity contribution < 1.29 is 22.8 Å². The molecule has 0 bridgehead atoms. The zero-order valence-electron chi connectivity index (χ0n) is 18.8. The van der Waals surface area contributed by atoms with Crippen LogP contribution in [0.5, 0.6) is 0 Å². The summed E-state index contributed by atoms with van der Waals surface area (Å²) in [6.45, 7) is 2.77. The van der Waals surface area contributed by atoms with Crippen molar-refractivity contribution in [2.24, 2.45) is 4.40 Å². The van der Waals surface area contributed by atoms with Gasteiger partial charge in [-0.2, -0.15) is 8.42 Å². The highest BCUT2D eigenvalue weighted by molar-refractivity contribution is 7.91. The Kier molecular flexibility index (Phi) is 6.05. The molecule has 1 saturated heterocycles. The van der Waals surface area contributed by atoms with Crippen LogP contribution in [0.3, 0.4) is 0 Å². The lowest BCUT2D eigenvalue weighted by Gasteiger charge is -2.31. The number of aromatic nitrogens is 1. The highest BCUT2D eigenvalue weighted by Gasteiger charge is 2.34. The van der Waals surface area contributed by atoms with E-state index in [1.807, 2.05) is 6.92 Å². The monoisotopic (exact) mass is 473 g/mol. The maximum atomic E-state index is 13.4. The number of benzene rings is 1. The molecule has 178 valence electrons. The van der Waals surface area contributed by atoms with E-state index in [0.717, 1.165) is 59.6 Å². The molecule has 2 aliphatic carbocycles. The number of amidine groups is 1. The van der Waals surface area contributed by atoms with Gasteiger partial charge in [0.05, 0.1) is 17.8 Å². The highest BCUT2D eigenvalue weighted by Crippen LogP contribution is 2.38. The van der Waals surface area contributed by atoms with E-state index in [1.54, 1.807) is 6.07 Å². The van der Waals surface area contributed by atoms with Crippen molar-refractivity contribution in [3.63, 3.8) is 0 Å². The van der Waals surface area contributed by atoms with Crippen molar-refractivity contribution in [3.05, 3.63) is 40.1 Å². The predicted octanol–water partition coefficient (Wildman–Crippen LogP) is 2.27. The fourth-order valence-corrected chi connectivity index (χ4v) is 6.46. The van der Waals surface area contributed by atoms with E-state index < -0.39 is 22.3 Å². The Hall–Kier alpha value is -2.59. The summed E-state index contributed by atoms with van der Waals surface area (Å²) in [5, 5.41) is 19.7. The lowest BCUT2D eigenvalue weighted by Crippen LogP contribution is -2.44. The Labute approximate surface area is 194 Å². The minimum absolute atomic E-state index is 0.0804. The van der Waals surface area contributed by atoms with Crippen LogP contribution in [-0.4, -0.2) is 38.9 Å². The first kappa shape index (κ1) is 22.2.